The first-order valence-electron chi connectivity index (χ1n) is 10.8. The molecule has 1 aromatic carbocycles. The fourth-order valence-electron chi connectivity index (χ4n) is 4.29. The van der Waals surface area contributed by atoms with Crippen LogP contribution in [0.15, 0.2) is 40.8 Å². The molecule has 0 spiro atoms. The summed E-state index contributed by atoms with van der Waals surface area (Å²) in [6.07, 6.45) is 3.98. The van der Waals surface area contributed by atoms with Gasteiger partial charge in [-0.05, 0) is 50.1 Å². The van der Waals surface area contributed by atoms with Gasteiger partial charge in [-0.2, -0.15) is 0 Å². The Kier molecular flexibility index (Phi) is 6.50. The Hall–Kier alpha value is -2.64. The molecule has 3 N–H and O–H groups in total. The number of nitrogens with one attached hydrogen (secondary N) is 2. The average molecular weight is 411 g/mol. The van der Waals surface area contributed by atoms with E-state index in [1.54, 1.807) is 6.07 Å². The van der Waals surface area contributed by atoms with Crippen LogP contribution in [0.5, 0.6) is 0 Å². The molecular formula is C23H30N4O3. The van der Waals surface area contributed by atoms with Crippen LogP contribution < -0.4 is 5.32 Å². The highest BCUT2D eigenvalue weighted by atomic mass is 16.4. The maximum atomic E-state index is 12.7. The molecule has 4 rings (SSSR count). The van der Waals surface area contributed by atoms with E-state index >= 15 is 0 Å². The van der Waals surface area contributed by atoms with Gasteiger partial charge in [-0.15, -0.1) is 0 Å². The number of carbonyl (C=O) groups is 1. The van der Waals surface area contributed by atoms with Crippen LogP contribution >= 0.6 is 0 Å². The van der Waals surface area contributed by atoms with Crippen LogP contribution in [-0.2, 0) is 6.54 Å². The van der Waals surface area contributed by atoms with Crippen LogP contribution in [0, 0.1) is 0 Å². The van der Waals surface area contributed by atoms with E-state index in [0.717, 1.165) is 54.8 Å². The molecule has 1 aliphatic carbocycles. The lowest BCUT2D eigenvalue weighted by molar-refractivity contribution is 0.0892. The minimum Gasteiger partial charge on any atom is -0.455 e. The van der Waals surface area contributed by atoms with Crippen molar-refractivity contribution in [2.75, 3.05) is 19.7 Å². The average Bonchev–Trinajstić information content (AvgIpc) is 3.40. The predicted molar refractivity (Wildman–Crippen MR) is 115 cm³/mol. The summed E-state index contributed by atoms with van der Waals surface area (Å²) in [5, 5.41) is 12.3. The summed E-state index contributed by atoms with van der Waals surface area (Å²) < 4.78 is 5.76. The quantitative estimate of drug-likeness (QED) is 0.529. The van der Waals surface area contributed by atoms with Gasteiger partial charge < -0.3 is 19.8 Å². The Morgan fingerprint density at radius 3 is 2.97 bits per heavy atom. The first-order chi connectivity index (χ1) is 14.7. The number of benzene rings is 1. The molecule has 3 aromatic rings. The third-order valence-corrected chi connectivity index (χ3v) is 5.93. The van der Waals surface area contributed by atoms with Crippen LogP contribution in [0.25, 0.3) is 11.0 Å². The molecule has 0 radical (unpaired) electrons. The van der Waals surface area contributed by atoms with E-state index in [0.29, 0.717) is 24.8 Å². The number of carbonyl (C=O) groups excluding carboxylic acids is 1. The van der Waals surface area contributed by atoms with Crippen LogP contribution in [0.4, 0.5) is 0 Å². The zero-order chi connectivity index (χ0) is 20.9. The number of fused-ring (bicyclic) bond motifs is 1. The number of hydrogen-bond donors (Lipinski definition) is 3. The Labute approximate surface area is 176 Å². The Morgan fingerprint density at radius 2 is 2.17 bits per heavy atom. The van der Waals surface area contributed by atoms with Gasteiger partial charge in [-0.25, -0.2) is 4.98 Å². The Bertz CT molecular complexity index is 947. The molecule has 7 nitrogen and oxygen atoms in total. The molecule has 1 aliphatic rings. The van der Waals surface area contributed by atoms with Crippen molar-refractivity contribution >= 4 is 16.9 Å². The van der Waals surface area contributed by atoms with Crippen molar-refractivity contribution < 1.29 is 14.3 Å². The predicted octanol–water partition coefficient (Wildman–Crippen LogP) is 3.43. The number of furan rings is 1. The Balaban J connectivity index is 1.36. The van der Waals surface area contributed by atoms with Crippen LogP contribution in [-0.4, -0.2) is 51.6 Å². The van der Waals surface area contributed by atoms with Crippen molar-refractivity contribution in [1.82, 2.24) is 20.2 Å². The van der Waals surface area contributed by atoms with Gasteiger partial charge in [-0.1, -0.05) is 25.5 Å². The molecular weight excluding hydrogens is 380 g/mol. The number of hydrogen-bond acceptors (Lipinski definition) is 5. The van der Waals surface area contributed by atoms with E-state index < -0.39 is 0 Å². The molecule has 2 atom stereocenters. The third kappa shape index (κ3) is 4.74. The lowest BCUT2D eigenvalue weighted by Crippen LogP contribution is -2.38. The second kappa shape index (κ2) is 9.45. The van der Waals surface area contributed by atoms with Crippen molar-refractivity contribution in [2.45, 2.75) is 51.1 Å². The van der Waals surface area contributed by atoms with Crippen LogP contribution in [0.2, 0.25) is 0 Å². The number of rotatable bonds is 8. The molecule has 2 heterocycles. The van der Waals surface area contributed by atoms with E-state index in [-0.39, 0.29) is 18.6 Å². The topological polar surface area (TPSA) is 94.4 Å². The van der Waals surface area contributed by atoms with Crippen molar-refractivity contribution in [3.05, 3.63) is 53.7 Å². The normalized spacial score (nSPS) is 19.4. The minimum atomic E-state index is -0.165. The summed E-state index contributed by atoms with van der Waals surface area (Å²) in [5.74, 6) is 2.25. The van der Waals surface area contributed by atoms with Gasteiger partial charge in [0.1, 0.15) is 11.6 Å². The molecule has 1 amide bonds. The van der Waals surface area contributed by atoms with Gasteiger partial charge in [0.25, 0.3) is 5.91 Å². The summed E-state index contributed by atoms with van der Waals surface area (Å²) >= 11 is 0. The molecule has 0 saturated heterocycles. The number of aromatic amines is 1. The van der Waals surface area contributed by atoms with E-state index in [9.17, 15) is 4.79 Å². The summed E-state index contributed by atoms with van der Waals surface area (Å²) in [5.41, 5.74) is 2.05. The lowest BCUT2D eigenvalue weighted by Gasteiger charge is -2.28. The zero-order valence-corrected chi connectivity index (χ0v) is 17.4. The van der Waals surface area contributed by atoms with Crippen molar-refractivity contribution in [1.29, 1.82) is 0 Å². The standard InChI is InChI=1S/C23H30N4O3/c1-2-27(12-13-28)15-18-10-11-21(30-18)23(29)24-17-7-5-6-16(14-17)22-25-19-8-3-4-9-20(19)26-22/h3-4,8-11,16-17,28H,2,5-7,12-15H2,1H3,(H,24,29)(H,25,26). The fraction of sp³-hybridized carbons (Fsp3) is 0.478. The number of aliphatic hydroxyl groups is 1. The second-order valence-electron chi connectivity index (χ2n) is 8.03. The SMILES string of the molecule is CCN(CCO)Cc1ccc(C(=O)NC2CCCC(c3nc4ccccc4[nH]3)C2)o1. The number of likely N-dealkylation sites (N-methyl/N-ethyl adjacent to an activating group) is 1. The lowest BCUT2D eigenvalue weighted by atomic mass is 9.85. The molecule has 0 bridgehead atoms. The Morgan fingerprint density at radius 1 is 1.30 bits per heavy atom. The highest BCUT2D eigenvalue weighted by molar-refractivity contribution is 5.91. The van der Waals surface area contributed by atoms with Crippen molar-refractivity contribution in [3.63, 3.8) is 0 Å². The molecule has 160 valence electrons. The number of H-pyrrole nitrogens is 1. The first-order valence-corrected chi connectivity index (χ1v) is 10.8. The van der Waals surface area contributed by atoms with Gasteiger partial charge >= 0.3 is 0 Å². The monoisotopic (exact) mass is 410 g/mol. The molecule has 1 fully saturated rings. The van der Waals surface area contributed by atoms with E-state index in [1.165, 1.54) is 0 Å². The summed E-state index contributed by atoms with van der Waals surface area (Å²) in [6, 6.07) is 11.8. The highest BCUT2D eigenvalue weighted by Gasteiger charge is 2.27. The van der Waals surface area contributed by atoms with Crippen LogP contribution in [0.1, 0.15) is 60.7 Å². The number of aromatic nitrogens is 2. The number of para-hydroxylation sites is 2. The number of nitrogens with zero attached hydrogens (tertiary/aromatic N) is 2. The summed E-state index contributed by atoms with van der Waals surface area (Å²) in [6.45, 7) is 4.13. The number of imidazole rings is 1. The summed E-state index contributed by atoms with van der Waals surface area (Å²) in [7, 11) is 0. The van der Waals surface area contributed by atoms with E-state index in [4.69, 9.17) is 14.5 Å². The van der Waals surface area contributed by atoms with Gasteiger partial charge in [0.2, 0.25) is 0 Å². The molecule has 1 saturated carbocycles. The minimum absolute atomic E-state index is 0.107. The van der Waals surface area contributed by atoms with Gasteiger partial charge in [0.05, 0.1) is 24.2 Å². The molecule has 2 aromatic heterocycles. The molecule has 30 heavy (non-hydrogen) atoms. The van der Waals surface area contributed by atoms with E-state index in [2.05, 4.69) is 15.2 Å². The smallest absolute Gasteiger partial charge is 0.287 e. The number of aliphatic hydroxyl groups excluding tert-OH is 1. The number of amides is 1. The van der Waals surface area contributed by atoms with Gasteiger partial charge in [-0.3, -0.25) is 9.69 Å². The molecule has 2 unspecified atom stereocenters. The van der Waals surface area contributed by atoms with Gasteiger partial charge in [0.15, 0.2) is 5.76 Å². The van der Waals surface area contributed by atoms with Gasteiger partial charge in [0, 0.05) is 18.5 Å². The molecule has 0 aliphatic heterocycles. The fourth-order valence-corrected chi connectivity index (χ4v) is 4.29. The maximum Gasteiger partial charge on any atom is 0.287 e. The van der Waals surface area contributed by atoms with Crippen molar-refractivity contribution in [2.24, 2.45) is 0 Å². The second-order valence-corrected chi connectivity index (χ2v) is 8.03. The largest absolute Gasteiger partial charge is 0.455 e. The molecule has 7 heteroatoms. The zero-order valence-electron chi connectivity index (χ0n) is 17.4. The third-order valence-electron chi connectivity index (χ3n) is 5.93. The summed E-state index contributed by atoms with van der Waals surface area (Å²) in [4.78, 5) is 23.0. The van der Waals surface area contributed by atoms with Crippen molar-refractivity contribution in [3.8, 4) is 0 Å². The highest BCUT2D eigenvalue weighted by Crippen LogP contribution is 2.32. The first kappa shape index (κ1) is 20.6. The maximum absolute atomic E-state index is 12.7. The van der Waals surface area contributed by atoms with E-state index in [1.807, 2.05) is 37.3 Å². The van der Waals surface area contributed by atoms with Crippen LogP contribution in [0.3, 0.4) is 0 Å².